The Balaban J connectivity index is 0.00000176. The summed E-state index contributed by atoms with van der Waals surface area (Å²) in [7, 11) is 8.72. The number of rotatable bonds is 10. The van der Waals surface area contributed by atoms with E-state index in [1.54, 1.807) is 28.4 Å². The number of hydrogen-bond donors (Lipinski definition) is 0. The van der Waals surface area contributed by atoms with Crippen LogP contribution in [0, 0.1) is 0 Å². The Morgan fingerprint density at radius 3 is 2.11 bits per heavy atom. The molecule has 0 saturated heterocycles. The third-order valence-electron chi connectivity index (χ3n) is 6.76. The molecule has 1 amide bonds. The fourth-order valence-corrected chi connectivity index (χ4v) is 4.84. The molecule has 0 spiro atoms. The van der Waals surface area contributed by atoms with E-state index in [2.05, 4.69) is 24.1 Å². The molecule has 0 aromatic heterocycles. The normalized spacial score (nSPS) is 15.7. The number of carbonyl (C=O) groups is 1. The minimum absolute atomic E-state index is 0.0961. The zero-order valence-electron chi connectivity index (χ0n) is 22.7. The van der Waals surface area contributed by atoms with E-state index in [-0.39, 0.29) is 5.91 Å². The summed E-state index contributed by atoms with van der Waals surface area (Å²) in [5, 5.41) is 0. The molecule has 1 aliphatic carbocycles. The van der Waals surface area contributed by atoms with Gasteiger partial charge in [0.1, 0.15) is 0 Å². The molecule has 7 heteroatoms. The van der Waals surface area contributed by atoms with Crippen LogP contribution in [0.5, 0.6) is 23.0 Å². The van der Waals surface area contributed by atoms with Gasteiger partial charge in [0.15, 0.2) is 23.0 Å². The Hall–Kier alpha value is -3.19. The highest BCUT2D eigenvalue weighted by Gasteiger charge is 2.29. The first-order valence-corrected chi connectivity index (χ1v) is 12.6. The molecule has 7 nitrogen and oxygen atoms in total. The minimum atomic E-state index is 0.0961. The van der Waals surface area contributed by atoms with Crippen molar-refractivity contribution in [2.45, 2.75) is 39.0 Å². The van der Waals surface area contributed by atoms with Crippen LogP contribution < -0.4 is 18.9 Å². The zero-order valence-corrected chi connectivity index (χ0v) is 22.7. The molecule has 4 rings (SSSR count). The van der Waals surface area contributed by atoms with Crippen LogP contribution in [0.2, 0.25) is 0 Å². The lowest BCUT2D eigenvalue weighted by Crippen LogP contribution is -2.34. The number of nitrogens with zero attached hydrogens (tertiary/aromatic N) is 2. The van der Waals surface area contributed by atoms with Crippen molar-refractivity contribution in [3.05, 3.63) is 52.7 Å². The Morgan fingerprint density at radius 2 is 1.47 bits per heavy atom. The largest absolute Gasteiger partial charge is 0.493 e. The lowest BCUT2D eigenvalue weighted by Gasteiger charge is -2.34. The molecule has 0 unspecified atom stereocenters. The molecule has 2 aliphatic rings. The highest BCUT2D eigenvalue weighted by atomic mass is 16.5. The van der Waals surface area contributed by atoms with Gasteiger partial charge in [0.25, 0.3) is 0 Å². The molecule has 1 atom stereocenters. The van der Waals surface area contributed by atoms with Gasteiger partial charge >= 0.3 is 0 Å². The first-order chi connectivity index (χ1) is 17.5. The van der Waals surface area contributed by atoms with Crippen LogP contribution >= 0.6 is 0 Å². The molecule has 1 aliphatic heterocycles. The second-order valence-electron chi connectivity index (χ2n) is 8.91. The maximum absolute atomic E-state index is 12.9. The fourth-order valence-electron chi connectivity index (χ4n) is 4.84. The van der Waals surface area contributed by atoms with E-state index in [9.17, 15) is 4.79 Å². The molecule has 2 aromatic carbocycles. The zero-order chi connectivity index (χ0) is 26.2. The van der Waals surface area contributed by atoms with Gasteiger partial charge in [-0.1, -0.05) is 13.8 Å². The van der Waals surface area contributed by atoms with Gasteiger partial charge in [0, 0.05) is 25.2 Å². The highest BCUT2D eigenvalue weighted by molar-refractivity contribution is 5.84. The molecule has 0 radical (unpaired) electrons. The van der Waals surface area contributed by atoms with Crippen LogP contribution in [0.3, 0.4) is 0 Å². The lowest BCUT2D eigenvalue weighted by molar-refractivity contribution is -0.127. The third kappa shape index (κ3) is 5.95. The molecule has 0 bridgehead atoms. The van der Waals surface area contributed by atoms with Gasteiger partial charge in [-0.2, -0.15) is 0 Å². The average molecular weight is 497 g/mol. The van der Waals surface area contributed by atoms with Gasteiger partial charge in [0.2, 0.25) is 5.91 Å². The number of methoxy groups -OCH3 is 4. The lowest BCUT2D eigenvalue weighted by atomic mass is 9.77. The first-order valence-electron chi connectivity index (χ1n) is 12.6. The van der Waals surface area contributed by atoms with E-state index >= 15 is 0 Å². The molecule has 196 valence electrons. The van der Waals surface area contributed by atoms with Crippen molar-refractivity contribution >= 4 is 12.0 Å². The van der Waals surface area contributed by atoms with E-state index in [4.69, 9.17) is 18.9 Å². The summed E-state index contributed by atoms with van der Waals surface area (Å²) < 4.78 is 21.7. The Kier molecular flexibility index (Phi) is 9.65. The van der Waals surface area contributed by atoms with Crippen molar-refractivity contribution < 1.29 is 23.7 Å². The Morgan fingerprint density at radius 1 is 0.889 bits per heavy atom. The first kappa shape index (κ1) is 27.4. The van der Waals surface area contributed by atoms with Crippen molar-refractivity contribution in [2.75, 3.05) is 55.1 Å². The average Bonchev–Trinajstić information content (AvgIpc) is 3.04. The third-order valence-corrected chi connectivity index (χ3v) is 6.76. The van der Waals surface area contributed by atoms with Crippen LogP contribution in [-0.2, 0) is 17.6 Å². The molecule has 1 heterocycles. The molecule has 0 N–H and O–H groups in total. The summed E-state index contributed by atoms with van der Waals surface area (Å²) in [5.41, 5.74) is 4.62. The number of amides is 1. The van der Waals surface area contributed by atoms with Gasteiger partial charge in [0.05, 0.1) is 34.9 Å². The summed E-state index contributed by atoms with van der Waals surface area (Å²) in [6, 6.07) is 8.02. The van der Waals surface area contributed by atoms with Crippen molar-refractivity contribution in [1.29, 1.82) is 0 Å². The summed E-state index contributed by atoms with van der Waals surface area (Å²) in [5.74, 6) is 3.49. The topological polar surface area (TPSA) is 60.5 Å². The van der Waals surface area contributed by atoms with E-state index in [1.165, 1.54) is 11.1 Å². The van der Waals surface area contributed by atoms with Gasteiger partial charge in [-0.05, 0) is 79.0 Å². The van der Waals surface area contributed by atoms with E-state index in [1.807, 2.05) is 43.2 Å². The van der Waals surface area contributed by atoms with Crippen molar-refractivity contribution in [3.8, 4) is 23.0 Å². The number of ether oxygens (including phenoxy) is 4. The van der Waals surface area contributed by atoms with Gasteiger partial charge < -0.3 is 28.7 Å². The predicted molar refractivity (Wildman–Crippen MR) is 143 cm³/mol. The van der Waals surface area contributed by atoms with Crippen molar-refractivity contribution in [1.82, 2.24) is 9.80 Å². The van der Waals surface area contributed by atoms with E-state index in [0.717, 1.165) is 48.6 Å². The second-order valence-corrected chi connectivity index (χ2v) is 8.91. The number of benzene rings is 2. The van der Waals surface area contributed by atoms with Crippen molar-refractivity contribution in [3.63, 3.8) is 0 Å². The molecule has 36 heavy (non-hydrogen) atoms. The summed E-state index contributed by atoms with van der Waals surface area (Å²) in [6.07, 6.45) is 6.18. The van der Waals surface area contributed by atoms with Crippen LogP contribution in [0.25, 0.3) is 6.08 Å². The van der Waals surface area contributed by atoms with Crippen LogP contribution in [-0.4, -0.2) is 70.8 Å². The number of hydrogen-bond acceptors (Lipinski definition) is 6. The number of fused-ring (bicyclic) bond motifs is 2. The maximum Gasteiger partial charge on any atom is 0.230 e. The second kappa shape index (κ2) is 12.7. The van der Waals surface area contributed by atoms with Gasteiger partial charge in [-0.15, -0.1) is 0 Å². The van der Waals surface area contributed by atoms with E-state index < -0.39 is 0 Å². The SMILES string of the molecule is CC.COc1cc2c(cc1OC)CC(=O)N(CCCN(C)C[C@H]1Cc3cc(OC)c(OC)cc31)C=C2. The van der Waals surface area contributed by atoms with Crippen molar-refractivity contribution in [2.24, 2.45) is 0 Å². The summed E-state index contributed by atoms with van der Waals surface area (Å²) >= 11 is 0. The summed E-state index contributed by atoms with van der Waals surface area (Å²) in [4.78, 5) is 17.0. The Labute approximate surface area is 215 Å². The van der Waals surface area contributed by atoms with Gasteiger partial charge in [-0.3, -0.25) is 4.79 Å². The minimum Gasteiger partial charge on any atom is -0.493 e. The smallest absolute Gasteiger partial charge is 0.230 e. The monoisotopic (exact) mass is 496 g/mol. The molecular weight excluding hydrogens is 456 g/mol. The summed E-state index contributed by atoms with van der Waals surface area (Å²) in [6.45, 7) is 6.59. The fraction of sp³-hybridized carbons (Fsp3) is 0.483. The quantitative estimate of drug-likeness (QED) is 0.473. The standard InChI is InChI=1S/C27H34N2O5.C2H6/c1-28(17-21-11-20-14-25(33-4)26(34-5)16-22(20)21)8-6-9-29-10-7-18-12-23(31-2)24(32-3)13-19(18)15-27(29)30;1-2/h7,10,12-14,16,21H,6,8-9,11,15,17H2,1-5H3;1-2H3/t21-;/m1./s1. The highest BCUT2D eigenvalue weighted by Crippen LogP contribution is 2.42. The number of carbonyl (C=O) groups excluding carboxylic acids is 1. The predicted octanol–water partition coefficient (Wildman–Crippen LogP) is 4.76. The number of likely N-dealkylation sites (N-methyl/N-ethyl adjacent to an activating group) is 1. The molecule has 0 fully saturated rings. The maximum atomic E-state index is 12.9. The van der Waals surface area contributed by atoms with E-state index in [0.29, 0.717) is 30.4 Å². The molecular formula is C29H40N2O5. The molecule has 2 aromatic rings. The van der Waals surface area contributed by atoms with Crippen LogP contribution in [0.15, 0.2) is 30.5 Å². The van der Waals surface area contributed by atoms with Crippen LogP contribution in [0.4, 0.5) is 0 Å². The molecule has 0 saturated carbocycles. The Bertz CT molecular complexity index is 1080. The van der Waals surface area contributed by atoms with Crippen LogP contribution in [0.1, 0.15) is 48.4 Å². The van der Waals surface area contributed by atoms with Gasteiger partial charge in [-0.25, -0.2) is 0 Å².